The Labute approximate surface area is 128 Å². The van der Waals surface area contributed by atoms with Crippen LogP contribution < -0.4 is 0 Å². The van der Waals surface area contributed by atoms with Crippen LogP contribution in [0, 0.1) is 0 Å². The molecule has 0 radical (unpaired) electrons. The molecule has 7 heteroatoms. The summed E-state index contributed by atoms with van der Waals surface area (Å²) in [5.41, 5.74) is 0. The number of aromatic nitrogens is 3. The standard InChI is InChI=1S/C15H14N4O2S/c20-22(21,18-10-13(11-18)19-9-8-16-17-19)15-7-3-5-12-4-1-2-6-14(12)15/h1-9,13H,10-11H2. The third-order valence-electron chi connectivity index (χ3n) is 4.01. The van der Waals surface area contributed by atoms with Gasteiger partial charge in [0.2, 0.25) is 10.0 Å². The van der Waals surface area contributed by atoms with Gasteiger partial charge in [0.05, 0.1) is 17.1 Å². The Morgan fingerprint density at radius 2 is 1.82 bits per heavy atom. The van der Waals surface area contributed by atoms with Gasteiger partial charge in [0.15, 0.2) is 0 Å². The maximum atomic E-state index is 12.8. The maximum absolute atomic E-state index is 12.8. The fraction of sp³-hybridized carbons (Fsp3) is 0.200. The van der Waals surface area contributed by atoms with Crippen LogP contribution in [0.15, 0.2) is 59.8 Å². The van der Waals surface area contributed by atoms with E-state index in [4.69, 9.17) is 0 Å². The van der Waals surface area contributed by atoms with Crippen molar-refractivity contribution in [2.45, 2.75) is 10.9 Å². The number of sulfonamides is 1. The quantitative estimate of drug-likeness (QED) is 0.737. The summed E-state index contributed by atoms with van der Waals surface area (Å²) in [5, 5.41) is 9.37. The number of nitrogens with zero attached hydrogens (tertiary/aromatic N) is 4. The van der Waals surface area contributed by atoms with Gasteiger partial charge in [0, 0.05) is 24.7 Å². The summed E-state index contributed by atoms with van der Waals surface area (Å²) in [6, 6.07) is 13.0. The zero-order valence-electron chi connectivity index (χ0n) is 11.7. The van der Waals surface area contributed by atoms with Crippen LogP contribution in [0.2, 0.25) is 0 Å². The molecule has 2 aromatic carbocycles. The number of benzene rings is 2. The van der Waals surface area contributed by atoms with E-state index in [0.29, 0.717) is 18.0 Å². The molecular weight excluding hydrogens is 300 g/mol. The Kier molecular flexibility index (Phi) is 2.98. The van der Waals surface area contributed by atoms with Crippen LogP contribution in [0.3, 0.4) is 0 Å². The number of hydrogen-bond acceptors (Lipinski definition) is 4. The average molecular weight is 314 g/mol. The first kappa shape index (κ1) is 13.4. The third kappa shape index (κ3) is 2.01. The van der Waals surface area contributed by atoms with E-state index < -0.39 is 10.0 Å². The SMILES string of the molecule is O=S(=O)(c1cccc2ccccc12)N1CC(n2ccnn2)C1. The first-order chi connectivity index (χ1) is 10.7. The van der Waals surface area contributed by atoms with Gasteiger partial charge in [-0.05, 0) is 11.5 Å². The normalized spacial score (nSPS) is 16.7. The van der Waals surface area contributed by atoms with Crippen molar-refractivity contribution in [1.29, 1.82) is 0 Å². The minimum absolute atomic E-state index is 0.0623. The Bertz CT molecular complexity index is 910. The molecular formula is C15H14N4O2S. The molecule has 1 aromatic heterocycles. The first-order valence-electron chi connectivity index (χ1n) is 7.00. The van der Waals surface area contributed by atoms with Crippen molar-refractivity contribution in [3.05, 3.63) is 54.9 Å². The van der Waals surface area contributed by atoms with Gasteiger partial charge in [-0.2, -0.15) is 4.31 Å². The number of rotatable bonds is 3. The average Bonchev–Trinajstić information content (AvgIpc) is 2.98. The Morgan fingerprint density at radius 1 is 1.05 bits per heavy atom. The summed E-state index contributed by atoms with van der Waals surface area (Å²) >= 11 is 0. The molecule has 0 spiro atoms. The summed E-state index contributed by atoms with van der Waals surface area (Å²) in [6.45, 7) is 0.851. The van der Waals surface area contributed by atoms with Crippen LogP contribution in [0.25, 0.3) is 10.8 Å². The molecule has 1 aliphatic rings. The molecule has 1 aliphatic heterocycles. The van der Waals surface area contributed by atoms with Crippen molar-refractivity contribution < 1.29 is 8.42 Å². The lowest BCUT2D eigenvalue weighted by Gasteiger charge is -2.37. The summed E-state index contributed by atoms with van der Waals surface area (Å²) in [5.74, 6) is 0. The molecule has 112 valence electrons. The largest absolute Gasteiger partial charge is 0.247 e. The molecule has 3 aromatic rings. The lowest BCUT2D eigenvalue weighted by Crippen LogP contribution is -2.50. The van der Waals surface area contributed by atoms with Gasteiger partial charge in [-0.1, -0.05) is 41.6 Å². The van der Waals surface area contributed by atoms with Crippen LogP contribution in [0.5, 0.6) is 0 Å². The lowest BCUT2D eigenvalue weighted by atomic mass is 10.1. The van der Waals surface area contributed by atoms with E-state index >= 15 is 0 Å². The topological polar surface area (TPSA) is 68.1 Å². The maximum Gasteiger partial charge on any atom is 0.243 e. The molecule has 1 fully saturated rings. The van der Waals surface area contributed by atoms with Crippen molar-refractivity contribution in [2.24, 2.45) is 0 Å². The fourth-order valence-electron chi connectivity index (χ4n) is 2.75. The van der Waals surface area contributed by atoms with Gasteiger partial charge in [-0.3, -0.25) is 0 Å². The van der Waals surface area contributed by atoms with E-state index in [0.717, 1.165) is 10.8 Å². The molecule has 1 saturated heterocycles. The second kappa shape index (κ2) is 4.89. The first-order valence-corrected chi connectivity index (χ1v) is 8.44. The molecule has 0 unspecified atom stereocenters. The smallest absolute Gasteiger partial charge is 0.243 e. The fourth-order valence-corrected chi connectivity index (χ4v) is 4.48. The third-order valence-corrected chi connectivity index (χ3v) is 5.90. The van der Waals surface area contributed by atoms with Crippen molar-refractivity contribution in [1.82, 2.24) is 19.3 Å². The predicted octanol–water partition coefficient (Wildman–Crippen LogP) is 1.68. The van der Waals surface area contributed by atoms with Crippen LogP contribution in [0.4, 0.5) is 0 Å². The molecule has 4 rings (SSSR count). The van der Waals surface area contributed by atoms with E-state index in [-0.39, 0.29) is 6.04 Å². The Hall–Kier alpha value is -2.25. The molecule has 6 nitrogen and oxygen atoms in total. The highest BCUT2D eigenvalue weighted by molar-refractivity contribution is 7.89. The number of fused-ring (bicyclic) bond motifs is 1. The summed E-state index contributed by atoms with van der Waals surface area (Å²) in [6.07, 6.45) is 3.36. The van der Waals surface area contributed by atoms with Crippen molar-refractivity contribution in [3.8, 4) is 0 Å². The minimum Gasteiger partial charge on any atom is -0.247 e. The zero-order chi connectivity index (χ0) is 15.2. The van der Waals surface area contributed by atoms with E-state index in [2.05, 4.69) is 10.3 Å². The highest BCUT2D eigenvalue weighted by atomic mass is 32.2. The van der Waals surface area contributed by atoms with Crippen LogP contribution in [-0.4, -0.2) is 40.8 Å². The summed E-state index contributed by atoms with van der Waals surface area (Å²) in [4.78, 5) is 0.364. The monoisotopic (exact) mass is 314 g/mol. The Balaban J connectivity index is 1.67. The van der Waals surface area contributed by atoms with Gasteiger partial charge in [-0.15, -0.1) is 5.10 Å². The predicted molar refractivity (Wildman–Crippen MR) is 81.8 cm³/mol. The van der Waals surface area contributed by atoms with Gasteiger partial charge < -0.3 is 0 Å². The Morgan fingerprint density at radius 3 is 2.59 bits per heavy atom. The summed E-state index contributed by atoms with van der Waals surface area (Å²) in [7, 11) is -3.48. The lowest BCUT2D eigenvalue weighted by molar-refractivity contribution is 0.189. The highest BCUT2D eigenvalue weighted by Crippen LogP contribution is 2.31. The molecule has 0 bridgehead atoms. The van der Waals surface area contributed by atoms with Crippen molar-refractivity contribution in [2.75, 3.05) is 13.1 Å². The van der Waals surface area contributed by atoms with Crippen LogP contribution in [0.1, 0.15) is 6.04 Å². The van der Waals surface area contributed by atoms with Gasteiger partial charge in [0.25, 0.3) is 0 Å². The van der Waals surface area contributed by atoms with Crippen molar-refractivity contribution in [3.63, 3.8) is 0 Å². The molecule has 0 N–H and O–H groups in total. The van der Waals surface area contributed by atoms with Crippen LogP contribution >= 0.6 is 0 Å². The zero-order valence-corrected chi connectivity index (χ0v) is 12.5. The van der Waals surface area contributed by atoms with Crippen molar-refractivity contribution >= 4 is 20.8 Å². The summed E-state index contributed by atoms with van der Waals surface area (Å²) < 4.78 is 28.8. The van der Waals surface area contributed by atoms with Crippen LogP contribution in [-0.2, 0) is 10.0 Å². The van der Waals surface area contributed by atoms with E-state index in [1.165, 1.54) is 4.31 Å². The van der Waals surface area contributed by atoms with E-state index in [1.807, 2.05) is 30.3 Å². The molecule has 22 heavy (non-hydrogen) atoms. The second-order valence-electron chi connectivity index (χ2n) is 5.34. The molecule has 0 aliphatic carbocycles. The molecule has 0 amide bonds. The highest BCUT2D eigenvalue weighted by Gasteiger charge is 2.38. The van der Waals surface area contributed by atoms with Gasteiger partial charge >= 0.3 is 0 Å². The van der Waals surface area contributed by atoms with Gasteiger partial charge in [0.1, 0.15) is 0 Å². The van der Waals surface area contributed by atoms with E-state index in [9.17, 15) is 8.42 Å². The van der Waals surface area contributed by atoms with Gasteiger partial charge in [-0.25, -0.2) is 13.1 Å². The minimum atomic E-state index is -3.48. The van der Waals surface area contributed by atoms with E-state index in [1.54, 1.807) is 29.2 Å². The molecule has 0 atom stereocenters. The second-order valence-corrected chi connectivity index (χ2v) is 7.24. The molecule has 0 saturated carbocycles. The number of hydrogen-bond donors (Lipinski definition) is 0. The molecule has 2 heterocycles.